The molecule has 3 nitrogen and oxygen atoms in total. The second-order valence-electron chi connectivity index (χ2n) is 5.72. The van der Waals surface area contributed by atoms with Crippen molar-refractivity contribution in [1.29, 1.82) is 0 Å². The van der Waals surface area contributed by atoms with Crippen molar-refractivity contribution in [3.63, 3.8) is 0 Å². The summed E-state index contributed by atoms with van der Waals surface area (Å²) in [6.07, 6.45) is 2.08. The molecule has 1 aromatic heterocycles. The summed E-state index contributed by atoms with van der Waals surface area (Å²) < 4.78 is 1.88. The third kappa shape index (κ3) is 2.46. The summed E-state index contributed by atoms with van der Waals surface area (Å²) >= 11 is 0. The van der Waals surface area contributed by atoms with Crippen LogP contribution in [0.1, 0.15) is 32.0 Å². The molecule has 0 amide bonds. The number of rotatable bonds is 2. The molecule has 0 atom stereocenters. The first-order chi connectivity index (χ1) is 8.41. The number of hydrogen-bond acceptors (Lipinski definition) is 2. The van der Waals surface area contributed by atoms with Gasteiger partial charge in [0.05, 0.1) is 5.69 Å². The van der Waals surface area contributed by atoms with Gasteiger partial charge < -0.3 is 5.73 Å². The highest BCUT2D eigenvalue weighted by Crippen LogP contribution is 2.31. The fourth-order valence-corrected chi connectivity index (χ4v) is 2.07. The van der Waals surface area contributed by atoms with E-state index >= 15 is 0 Å². The quantitative estimate of drug-likeness (QED) is 0.881. The number of hydrogen-bond donors (Lipinski definition) is 1. The highest BCUT2D eigenvalue weighted by molar-refractivity contribution is 5.66. The van der Waals surface area contributed by atoms with E-state index in [9.17, 15) is 0 Å². The van der Waals surface area contributed by atoms with Gasteiger partial charge in [0.2, 0.25) is 0 Å². The third-order valence-electron chi connectivity index (χ3n) is 3.04. The summed E-state index contributed by atoms with van der Waals surface area (Å²) in [4.78, 5) is 0. The Kier molecular flexibility index (Phi) is 3.26. The molecule has 0 aliphatic rings. The number of aromatic nitrogens is 2. The van der Waals surface area contributed by atoms with Crippen LogP contribution < -0.4 is 5.73 Å². The van der Waals surface area contributed by atoms with Gasteiger partial charge in [0, 0.05) is 30.8 Å². The van der Waals surface area contributed by atoms with Gasteiger partial charge in [0.1, 0.15) is 0 Å². The Morgan fingerprint density at radius 2 is 1.78 bits per heavy atom. The van der Waals surface area contributed by atoms with Crippen molar-refractivity contribution < 1.29 is 0 Å². The van der Waals surface area contributed by atoms with Gasteiger partial charge in [-0.3, -0.25) is 4.68 Å². The maximum atomic E-state index is 5.63. The first-order valence-corrected chi connectivity index (χ1v) is 6.25. The Morgan fingerprint density at radius 1 is 1.17 bits per heavy atom. The molecule has 0 fully saturated rings. The summed E-state index contributed by atoms with van der Waals surface area (Å²) in [5.41, 5.74) is 10.4. The van der Waals surface area contributed by atoms with E-state index in [2.05, 4.69) is 56.3 Å². The first-order valence-electron chi connectivity index (χ1n) is 6.25. The molecular formula is C15H21N3. The Labute approximate surface area is 109 Å². The highest BCUT2D eigenvalue weighted by atomic mass is 15.3. The normalized spacial score (nSPS) is 11.8. The molecular weight excluding hydrogens is 222 g/mol. The smallest absolute Gasteiger partial charge is 0.0756 e. The Bertz CT molecular complexity index is 530. The van der Waals surface area contributed by atoms with Crippen LogP contribution in [0.2, 0.25) is 0 Å². The van der Waals surface area contributed by atoms with E-state index in [0.29, 0.717) is 6.54 Å². The Hall–Kier alpha value is -1.61. The van der Waals surface area contributed by atoms with E-state index in [0.717, 1.165) is 11.3 Å². The molecule has 0 aliphatic heterocycles. The lowest BCUT2D eigenvalue weighted by Gasteiger charge is -2.17. The monoisotopic (exact) mass is 243 g/mol. The van der Waals surface area contributed by atoms with E-state index in [1.165, 1.54) is 11.1 Å². The molecule has 1 aromatic carbocycles. The van der Waals surface area contributed by atoms with Gasteiger partial charge in [-0.05, 0) is 11.1 Å². The van der Waals surface area contributed by atoms with E-state index in [-0.39, 0.29) is 5.41 Å². The molecule has 2 rings (SSSR count). The molecule has 1 heterocycles. The van der Waals surface area contributed by atoms with Crippen molar-refractivity contribution in [3.8, 4) is 11.1 Å². The minimum absolute atomic E-state index is 0.0448. The number of nitrogens with two attached hydrogens (primary N) is 1. The standard InChI is InChI=1S/C15H21N3/c1-15(2,3)14-13(10-18(4)17-14)12-7-5-11(9-16)6-8-12/h5-8,10H,9,16H2,1-4H3. The van der Waals surface area contributed by atoms with Crippen LogP contribution in [0.15, 0.2) is 30.5 Å². The Morgan fingerprint density at radius 3 is 2.28 bits per heavy atom. The zero-order chi connectivity index (χ0) is 13.3. The van der Waals surface area contributed by atoms with Crippen LogP contribution in [0.4, 0.5) is 0 Å². The summed E-state index contributed by atoms with van der Waals surface area (Å²) in [5, 5.41) is 4.59. The molecule has 0 spiro atoms. The molecule has 0 radical (unpaired) electrons. The van der Waals surface area contributed by atoms with Crippen LogP contribution in [0.25, 0.3) is 11.1 Å². The maximum Gasteiger partial charge on any atom is 0.0756 e. The average molecular weight is 243 g/mol. The molecule has 2 aromatic rings. The van der Waals surface area contributed by atoms with Crippen LogP contribution in [0.3, 0.4) is 0 Å². The minimum atomic E-state index is 0.0448. The molecule has 18 heavy (non-hydrogen) atoms. The molecule has 0 bridgehead atoms. The van der Waals surface area contributed by atoms with Gasteiger partial charge in [-0.15, -0.1) is 0 Å². The number of nitrogens with zero attached hydrogens (tertiary/aromatic N) is 2. The molecule has 0 saturated carbocycles. The topological polar surface area (TPSA) is 43.8 Å². The second kappa shape index (κ2) is 4.58. The van der Waals surface area contributed by atoms with Crippen molar-refractivity contribution in [2.75, 3.05) is 0 Å². The zero-order valence-electron chi connectivity index (χ0n) is 11.6. The van der Waals surface area contributed by atoms with Crippen LogP contribution in [0.5, 0.6) is 0 Å². The fourth-order valence-electron chi connectivity index (χ4n) is 2.07. The van der Waals surface area contributed by atoms with Crippen molar-refractivity contribution in [2.24, 2.45) is 12.8 Å². The van der Waals surface area contributed by atoms with Crippen molar-refractivity contribution in [1.82, 2.24) is 9.78 Å². The van der Waals surface area contributed by atoms with E-state index in [1.807, 2.05) is 11.7 Å². The van der Waals surface area contributed by atoms with Gasteiger partial charge in [0.25, 0.3) is 0 Å². The lowest BCUT2D eigenvalue weighted by Crippen LogP contribution is -2.13. The summed E-state index contributed by atoms with van der Waals surface area (Å²) in [7, 11) is 1.97. The van der Waals surface area contributed by atoms with Gasteiger partial charge in [-0.2, -0.15) is 5.10 Å². The lowest BCUT2D eigenvalue weighted by molar-refractivity contribution is 0.554. The largest absolute Gasteiger partial charge is 0.326 e. The van der Waals surface area contributed by atoms with Crippen molar-refractivity contribution in [2.45, 2.75) is 32.7 Å². The maximum absolute atomic E-state index is 5.63. The predicted molar refractivity (Wildman–Crippen MR) is 75.2 cm³/mol. The van der Waals surface area contributed by atoms with Crippen molar-refractivity contribution >= 4 is 0 Å². The van der Waals surface area contributed by atoms with E-state index in [1.54, 1.807) is 0 Å². The summed E-state index contributed by atoms with van der Waals surface area (Å²) in [6, 6.07) is 8.40. The molecule has 2 N–H and O–H groups in total. The number of benzene rings is 1. The molecule has 3 heteroatoms. The first kappa shape index (κ1) is 12.8. The predicted octanol–water partition coefficient (Wildman–Crippen LogP) is 2.84. The minimum Gasteiger partial charge on any atom is -0.326 e. The van der Waals surface area contributed by atoms with E-state index < -0.39 is 0 Å². The molecule has 96 valence electrons. The third-order valence-corrected chi connectivity index (χ3v) is 3.04. The molecule has 0 aliphatic carbocycles. The highest BCUT2D eigenvalue weighted by Gasteiger charge is 2.22. The number of aryl methyl sites for hydroxylation is 1. The summed E-state index contributed by atoms with van der Waals surface area (Å²) in [6.45, 7) is 7.15. The SMILES string of the molecule is Cn1cc(-c2ccc(CN)cc2)c(C(C)(C)C)n1. The van der Waals surface area contributed by atoms with Crippen LogP contribution in [-0.2, 0) is 19.0 Å². The lowest BCUT2D eigenvalue weighted by atomic mass is 9.87. The zero-order valence-corrected chi connectivity index (χ0v) is 11.6. The van der Waals surface area contributed by atoms with Gasteiger partial charge in [0.15, 0.2) is 0 Å². The second-order valence-corrected chi connectivity index (χ2v) is 5.72. The fraction of sp³-hybridized carbons (Fsp3) is 0.400. The van der Waals surface area contributed by atoms with Gasteiger partial charge in [-0.25, -0.2) is 0 Å². The van der Waals surface area contributed by atoms with Gasteiger partial charge in [-0.1, -0.05) is 45.0 Å². The molecule has 0 saturated heterocycles. The van der Waals surface area contributed by atoms with Crippen molar-refractivity contribution in [3.05, 3.63) is 41.7 Å². The van der Waals surface area contributed by atoms with Crippen LogP contribution in [-0.4, -0.2) is 9.78 Å². The van der Waals surface area contributed by atoms with E-state index in [4.69, 9.17) is 5.73 Å². The van der Waals surface area contributed by atoms with Gasteiger partial charge >= 0.3 is 0 Å². The molecule has 0 unspecified atom stereocenters. The van der Waals surface area contributed by atoms with Crippen LogP contribution in [0, 0.1) is 0 Å². The average Bonchev–Trinajstić information content (AvgIpc) is 2.71. The van der Waals surface area contributed by atoms with Crippen LogP contribution >= 0.6 is 0 Å². The summed E-state index contributed by atoms with van der Waals surface area (Å²) in [5.74, 6) is 0. The Balaban J connectivity index is 2.49.